The van der Waals surface area contributed by atoms with Gasteiger partial charge in [-0.05, 0) is 100 Å². The maximum Gasteiger partial charge on any atom is 0.187 e. The van der Waals surface area contributed by atoms with Crippen LogP contribution in [0.25, 0.3) is 0 Å². The monoisotopic (exact) mass is 1040 g/mol. The van der Waals surface area contributed by atoms with Crippen molar-refractivity contribution in [2.45, 2.75) is 241 Å². The Hall–Kier alpha value is -1.10. The molecule has 6 aliphatic heterocycles. The normalized spacial score (nSPS) is 57.5. The first-order valence-corrected chi connectivity index (χ1v) is 26.8. The average molecular weight is 1050 g/mol. The Balaban J connectivity index is 0.861. The Kier molecular flexibility index (Phi) is 14.8. The summed E-state index contributed by atoms with van der Waals surface area (Å²) >= 11 is 0. The number of hydrogen-bond donors (Lipinski definition) is 11. The molecule has 11 N–H and O–H groups in total. The molecule has 2 spiro atoms. The Morgan fingerprint density at radius 3 is 2.00 bits per heavy atom. The fraction of sp³-hybridized carbons (Fsp3) is 0.962. The maximum atomic E-state index is 12.3. The molecule has 10 rings (SSSR count). The summed E-state index contributed by atoms with van der Waals surface area (Å²) in [5.41, 5.74) is -0.563. The summed E-state index contributed by atoms with van der Waals surface area (Å²) < 4.78 is 62.3. The summed E-state index contributed by atoms with van der Waals surface area (Å²) in [5, 5.41) is 121. The highest BCUT2D eigenvalue weighted by Gasteiger charge is 2.81. The van der Waals surface area contributed by atoms with Gasteiger partial charge in [0.2, 0.25) is 0 Å². The first kappa shape index (κ1) is 55.2. The maximum absolute atomic E-state index is 12.3. The van der Waals surface area contributed by atoms with E-state index in [1.807, 2.05) is 6.92 Å². The van der Waals surface area contributed by atoms with Gasteiger partial charge >= 0.3 is 0 Å². The summed E-state index contributed by atoms with van der Waals surface area (Å²) in [7, 11) is 0. The van der Waals surface area contributed by atoms with E-state index >= 15 is 0 Å². The van der Waals surface area contributed by atoms with E-state index in [1.54, 1.807) is 6.92 Å². The molecule has 0 amide bonds. The third-order valence-corrected chi connectivity index (χ3v) is 20.4. The number of hydrogen-bond acceptors (Lipinski definition) is 21. The molecule has 29 atom stereocenters. The molecular weight excluding hydrogens is 961 g/mol. The number of rotatable bonds is 10. The van der Waals surface area contributed by atoms with Crippen molar-refractivity contribution in [2.75, 3.05) is 26.4 Å². The first-order chi connectivity index (χ1) is 34.2. The van der Waals surface area contributed by atoms with Crippen LogP contribution < -0.4 is 0 Å². The molecule has 6 heterocycles. The number of ether oxygens (including phenoxy) is 10. The van der Waals surface area contributed by atoms with Gasteiger partial charge in [-0.15, -0.1) is 0 Å². The van der Waals surface area contributed by atoms with Crippen molar-refractivity contribution in [3.05, 3.63) is 11.6 Å². The number of allylic oxidation sites excluding steroid dienone is 1. The van der Waals surface area contributed by atoms with Crippen molar-refractivity contribution >= 4 is 0 Å². The third kappa shape index (κ3) is 8.77. The minimum Gasteiger partial charge on any atom is -0.394 e. The van der Waals surface area contributed by atoms with Crippen LogP contribution in [0.5, 0.6) is 0 Å². The molecule has 4 aliphatic carbocycles. The number of fused-ring (bicyclic) bond motifs is 4. The SMILES string of the molecule is CC(C)=CC1C[C@](C)(O)C2C3CCC4[C@@]5(C)CCC(OC6OC(C)C(O)C(O)C6OC6OCC(O)C(O)C6OC6OC(CO)C(O)C(OC7OCC(O)C(O)C7O)C6O)C(C)(C)C5CC[C@@]4(C)[C@@]34CO[C@@]2(C4)O1. The lowest BCUT2D eigenvalue weighted by atomic mass is 9.35. The van der Waals surface area contributed by atoms with Crippen LogP contribution in [0.1, 0.15) is 107 Å². The summed E-state index contributed by atoms with van der Waals surface area (Å²) in [5.74, 6) is -0.113. The van der Waals surface area contributed by atoms with E-state index in [1.165, 1.54) is 0 Å². The lowest BCUT2D eigenvalue weighted by Crippen LogP contribution is -2.68. The lowest BCUT2D eigenvalue weighted by molar-refractivity contribution is -0.394. The van der Waals surface area contributed by atoms with Gasteiger partial charge in [-0.3, -0.25) is 0 Å². The topological polar surface area (TPSA) is 315 Å². The second kappa shape index (κ2) is 19.6. The van der Waals surface area contributed by atoms with Gasteiger partial charge in [0, 0.05) is 24.2 Å². The standard InChI is InChI=1S/C52H84O21/c1-22(2)15-24-16-50(8,63)42-25-9-10-30-48(6)13-12-31(47(4,5)29(48)11-14-49(30,7)51(25)20-52(42,73-24)66-21-51)69-46-41(36(60)32(56)23(3)67-46)72-45-40(34(58)27(55)19-65-45)71-44-38(62)39(35(59)28(17-53)68-44)70-43-37(61)33(57)26(54)18-64-43/h15,23-46,53-63H,9-14,16-21H2,1-8H3/t23?,24?,25?,26?,27?,28?,29?,30?,31?,32?,33?,34?,35?,36?,37?,38?,39?,40?,41?,42?,43?,44?,45?,46?,48-,49+,50-,51-,52-/m0/s1. The quantitative estimate of drug-likeness (QED) is 0.0967. The Bertz CT molecular complexity index is 2010. The molecule has 0 aromatic heterocycles. The van der Waals surface area contributed by atoms with Gasteiger partial charge in [-0.2, -0.15) is 0 Å². The lowest BCUT2D eigenvalue weighted by Gasteiger charge is -2.70. The van der Waals surface area contributed by atoms with Crippen molar-refractivity contribution in [2.24, 2.45) is 45.3 Å². The van der Waals surface area contributed by atoms with Gasteiger partial charge in [0.25, 0.3) is 0 Å². The Morgan fingerprint density at radius 2 is 1.30 bits per heavy atom. The molecule has 24 unspecified atom stereocenters. The zero-order valence-corrected chi connectivity index (χ0v) is 43.4. The van der Waals surface area contributed by atoms with Crippen LogP contribution in [0, 0.1) is 45.3 Å². The van der Waals surface area contributed by atoms with E-state index in [4.69, 9.17) is 47.4 Å². The van der Waals surface area contributed by atoms with Gasteiger partial charge in [0.05, 0.1) is 50.3 Å². The molecule has 0 radical (unpaired) electrons. The van der Waals surface area contributed by atoms with E-state index in [-0.39, 0.29) is 40.1 Å². The minimum absolute atomic E-state index is 0.0825. The van der Waals surface area contributed by atoms with Crippen molar-refractivity contribution in [3.63, 3.8) is 0 Å². The van der Waals surface area contributed by atoms with Gasteiger partial charge in [-0.25, -0.2) is 0 Å². The highest BCUT2D eigenvalue weighted by Crippen LogP contribution is 2.80. The van der Waals surface area contributed by atoms with Crippen LogP contribution in [0.3, 0.4) is 0 Å². The molecule has 2 bridgehead atoms. The molecule has 10 fully saturated rings. The second-order valence-electron chi connectivity index (χ2n) is 25.3. The summed E-state index contributed by atoms with van der Waals surface area (Å²) in [4.78, 5) is 0. The highest BCUT2D eigenvalue weighted by atomic mass is 16.8. The summed E-state index contributed by atoms with van der Waals surface area (Å²) in [6.45, 7) is 16.0. The largest absolute Gasteiger partial charge is 0.394 e. The summed E-state index contributed by atoms with van der Waals surface area (Å²) in [6.07, 6.45) is -20.4. The van der Waals surface area contributed by atoms with Crippen molar-refractivity contribution < 1.29 is 104 Å². The predicted octanol–water partition coefficient (Wildman–Crippen LogP) is -0.542. The Labute approximate surface area is 426 Å². The van der Waals surface area contributed by atoms with E-state index < -0.39 is 153 Å². The number of aliphatic hydroxyl groups is 11. The molecule has 21 nitrogen and oxygen atoms in total. The molecule has 10 aliphatic rings. The highest BCUT2D eigenvalue weighted by molar-refractivity contribution is 5.27. The summed E-state index contributed by atoms with van der Waals surface area (Å²) in [6, 6.07) is 0. The van der Waals surface area contributed by atoms with Crippen molar-refractivity contribution in [1.82, 2.24) is 0 Å². The molecule has 0 aromatic rings. The van der Waals surface area contributed by atoms with E-state index in [0.717, 1.165) is 44.1 Å². The average Bonchev–Trinajstić information content (AvgIpc) is 3.84. The molecule has 0 aromatic carbocycles. The van der Waals surface area contributed by atoms with Gasteiger partial charge in [0.15, 0.2) is 30.9 Å². The fourth-order valence-corrected chi connectivity index (χ4v) is 16.9. The van der Waals surface area contributed by atoms with Crippen LogP contribution in [0.15, 0.2) is 11.6 Å². The number of aliphatic hydroxyl groups excluding tert-OH is 10. The van der Waals surface area contributed by atoms with Gasteiger partial charge in [0.1, 0.15) is 79.4 Å². The molecule has 418 valence electrons. The zero-order chi connectivity index (χ0) is 52.7. The predicted molar refractivity (Wildman–Crippen MR) is 250 cm³/mol. The molecular formula is C52H84O21. The smallest absolute Gasteiger partial charge is 0.187 e. The zero-order valence-electron chi connectivity index (χ0n) is 43.4. The van der Waals surface area contributed by atoms with E-state index in [9.17, 15) is 56.2 Å². The molecule has 21 heteroatoms. The van der Waals surface area contributed by atoms with Crippen LogP contribution >= 0.6 is 0 Å². The third-order valence-electron chi connectivity index (χ3n) is 20.4. The van der Waals surface area contributed by atoms with Crippen LogP contribution in [0.2, 0.25) is 0 Å². The van der Waals surface area contributed by atoms with Crippen LogP contribution in [-0.2, 0) is 47.4 Å². The fourth-order valence-electron chi connectivity index (χ4n) is 16.9. The van der Waals surface area contributed by atoms with E-state index in [2.05, 4.69) is 47.6 Å². The Morgan fingerprint density at radius 1 is 0.644 bits per heavy atom. The van der Waals surface area contributed by atoms with E-state index in [0.29, 0.717) is 25.4 Å². The molecule has 4 saturated carbocycles. The van der Waals surface area contributed by atoms with Crippen LogP contribution in [0.4, 0.5) is 0 Å². The van der Waals surface area contributed by atoms with Gasteiger partial charge in [-0.1, -0.05) is 39.3 Å². The van der Waals surface area contributed by atoms with Gasteiger partial charge < -0.3 is 104 Å². The minimum atomic E-state index is -1.94. The first-order valence-electron chi connectivity index (χ1n) is 26.8. The van der Waals surface area contributed by atoms with Crippen LogP contribution in [-0.4, -0.2) is 217 Å². The molecule has 73 heavy (non-hydrogen) atoms. The second-order valence-corrected chi connectivity index (χ2v) is 25.3. The van der Waals surface area contributed by atoms with Crippen molar-refractivity contribution in [1.29, 1.82) is 0 Å². The molecule has 6 saturated heterocycles. The van der Waals surface area contributed by atoms with Crippen molar-refractivity contribution in [3.8, 4) is 0 Å².